The van der Waals surface area contributed by atoms with E-state index < -0.39 is 12.2 Å². The third-order valence-corrected chi connectivity index (χ3v) is 5.67. The molecule has 0 fully saturated rings. The first kappa shape index (κ1) is 22.3. The van der Waals surface area contributed by atoms with Crippen LogP contribution in [-0.4, -0.2) is 32.3 Å². The SMILES string of the molecule is CCOc1cnc2c(N)c(-c3ccc4ncn(C)c4c3)c(=O)n(-c3ccc(OC(F)F)cc3)c2c1. The van der Waals surface area contributed by atoms with E-state index in [4.69, 9.17) is 10.5 Å². The van der Waals surface area contributed by atoms with Crippen molar-refractivity contribution in [3.8, 4) is 28.3 Å². The molecule has 8 nitrogen and oxygen atoms in total. The number of ether oxygens (including phenoxy) is 2. The molecule has 0 atom stereocenters. The third-order valence-electron chi connectivity index (χ3n) is 5.67. The van der Waals surface area contributed by atoms with Gasteiger partial charge >= 0.3 is 6.61 Å². The molecule has 0 spiro atoms. The number of hydrogen-bond acceptors (Lipinski definition) is 6. The largest absolute Gasteiger partial charge is 0.492 e. The Morgan fingerprint density at radius 2 is 1.80 bits per heavy atom. The number of pyridine rings is 2. The van der Waals surface area contributed by atoms with Gasteiger partial charge < -0.3 is 19.8 Å². The van der Waals surface area contributed by atoms with Crippen molar-refractivity contribution in [1.82, 2.24) is 19.1 Å². The highest BCUT2D eigenvalue weighted by Crippen LogP contribution is 2.33. The molecule has 3 aromatic heterocycles. The predicted octanol–water partition coefficient (Wildman–Crippen LogP) is 4.52. The summed E-state index contributed by atoms with van der Waals surface area (Å²) in [6.45, 7) is -0.701. The molecule has 35 heavy (non-hydrogen) atoms. The molecule has 0 saturated carbocycles. The van der Waals surface area contributed by atoms with Crippen molar-refractivity contribution in [2.45, 2.75) is 13.5 Å². The molecule has 0 aliphatic rings. The average Bonchev–Trinajstić information content (AvgIpc) is 3.20. The van der Waals surface area contributed by atoms with E-state index in [1.54, 1.807) is 24.7 Å². The monoisotopic (exact) mass is 477 g/mol. The van der Waals surface area contributed by atoms with E-state index in [0.29, 0.717) is 34.6 Å². The number of benzene rings is 2. The van der Waals surface area contributed by atoms with Crippen molar-refractivity contribution in [2.75, 3.05) is 12.3 Å². The number of nitrogens with two attached hydrogens (primary N) is 1. The summed E-state index contributed by atoms with van der Waals surface area (Å²) in [6, 6.07) is 12.9. The van der Waals surface area contributed by atoms with Crippen LogP contribution in [0.4, 0.5) is 14.5 Å². The second-order valence-electron chi connectivity index (χ2n) is 7.83. The quantitative estimate of drug-likeness (QED) is 0.386. The number of halogens is 2. The van der Waals surface area contributed by atoms with E-state index in [2.05, 4.69) is 14.7 Å². The molecule has 0 unspecified atom stereocenters. The second-order valence-corrected chi connectivity index (χ2v) is 7.83. The van der Waals surface area contributed by atoms with Gasteiger partial charge in [-0.2, -0.15) is 8.78 Å². The molecule has 0 radical (unpaired) electrons. The smallest absolute Gasteiger partial charge is 0.387 e. The van der Waals surface area contributed by atoms with Gasteiger partial charge in [0.25, 0.3) is 5.56 Å². The molecular weight excluding hydrogens is 456 g/mol. The van der Waals surface area contributed by atoms with Gasteiger partial charge in [0, 0.05) is 18.8 Å². The van der Waals surface area contributed by atoms with Gasteiger partial charge in [-0.05, 0) is 48.9 Å². The Hall–Kier alpha value is -4.47. The molecule has 3 heterocycles. The van der Waals surface area contributed by atoms with E-state index in [1.807, 2.05) is 30.7 Å². The highest BCUT2D eigenvalue weighted by atomic mass is 19.3. The number of fused-ring (bicyclic) bond motifs is 2. The fourth-order valence-electron chi connectivity index (χ4n) is 4.11. The summed E-state index contributed by atoms with van der Waals surface area (Å²) >= 11 is 0. The number of hydrogen-bond donors (Lipinski definition) is 1. The summed E-state index contributed by atoms with van der Waals surface area (Å²) in [7, 11) is 1.86. The zero-order valence-electron chi connectivity index (χ0n) is 18.9. The second kappa shape index (κ2) is 8.71. The molecule has 0 bridgehead atoms. The van der Waals surface area contributed by atoms with Crippen LogP contribution in [0.5, 0.6) is 11.5 Å². The number of aromatic nitrogens is 4. The van der Waals surface area contributed by atoms with Crippen LogP contribution < -0.4 is 20.8 Å². The van der Waals surface area contributed by atoms with Crippen molar-refractivity contribution in [3.63, 3.8) is 0 Å². The maximum Gasteiger partial charge on any atom is 0.387 e. The molecule has 0 saturated heterocycles. The fourth-order valence-corrected chi connectivity index (χ4v) is 4.11. The minimum atomic E-state index is -2.95. The van der Waals surface area contributed by atoms with Gasteiger partial charge in [-0.3, -0.25) is 9.36 Å². The first-order valence-corrected chi connectivity index (χ1v) is 10.8. The lowest BCUT2D eigenvalue weighted by Crippen LogP contribution is -2.23. The third kappa shape index (κ3) is 3.92. The fraction of sp³-hybridized carbons (Fsp3) is 0.160. The zero-order chi connectivity index (χ0) is 24.7. The molecule has 10 heteroatoms. The highest BCUT2D eigenvalue weighted by Gasteiger charge is 2.20. The Morgan fingerprint density at radius 1 is 1.03 bits per heavy atom. The van der Waals surface area contributed by atoms with Crippen LogP contribution in [0.2, 0.25) is 0 Å². The Morgan fingerprint density at radius 3 is 2.51 bits per heavy atom. The molecular formula is C25H21F2N5O3. The van der Waals surface area contributed by atoms with Crippen LogP contribution in [0.25, 0.3) is 38.9 Å². The van der Waals surface area contributed by atoms with Crippen LogP contribution in [0, 0.1) is 0 Å². The highest BCUT2D eigenvalue weighted by molar-refractivity contribution is 5.98. The first-order chi connectivity index (χ1) is 16.9. The number of aryl methyl sites for hydroxylation is 1. The lowest BCUT2D eigenvalue weighted by molar-refractivity contribution is -0.0498. The van der Waals surface area contributed by atoms with Gasteiger partial charge in [-0.25, -0.2) is 9.97 Å². The van der Waals surface area contributed by atoms with Gasteiger partial charge in [-0.15, -0.1) is 0 Å². The molecule has 2 aromatic carbocycles. The van der Waals surface area contributed by atoms with E-state index in [-0.39, 0.29) is 17.0 Å². The number of rotatable bonds is 6. The average molecular weight is 477 g/mol. The lowest BCUT2D eigenvalue weighted by Gasteiger charge is -2.17. The van der Waals surface area contributed by atoms with Crippen LogP contribution in [0.3, 0.4) is 0 Å². The summed E-state index contributed by atoms with van der Waals surface area (Å²) in [5.74, 6) is 0.445. The van der Waals surface area contributed by atoms with Gasteiger partial charge in [0.15, 0.2) is 0 Å². The van der Waals surface area contributed by atoms with E-state index in [1.165, 1.54) is 28.8 Å². The Bertz CT molecular complexity index is 1610. The summed E-state index contributed by atoms with van der Waals surface area (Å²) in [6.07, 6.45) is 3.24. The van der Waals surface area contributed by atoms with E-state index >= 15 is 0 Å². The molecule has 5 rings (SSSR count). The van der Waals surface area contributed by atoms with Gasteiger partial charge in [-0.1, -0.05) is 6.07 Å². The van der Waals surface area contributed by atoms with E-state index in [9.17, 15) is 13.6 Å². The lowest BCUT2D eigenvalue weighted by atomic mass is 10.0. The normalized spacial score (nSPS) is 11.5. The van der Waals surface area contributed by atoms with Crippen LogP contribution >= 0.6 is 0 Å². The summed E-state index contributed by atoms with van der Waals surface area (Å²) < 4.78 is 38.6. The standard InChI is InChI=1S/C25H21F2N5O3/c1-3-34-17-11-20-23(29-12-17)22(28)21(14-4-9-18-19(10-14)31(2)13-30-18)24(33)32(20)15-5-7-16(8-6-15)35-25(26)27/h4-13,25H,3,28H2,1-2H3. The Balaban J connectivity index is 1.80. The zero-order valence-corrected chi connectivity index (χ0v) is 18.9. The number of imidazole rings is 1. The maximum absolute atomic E-state index is 13.9. The summed E-state index contributed by atoms with van der Waals surface area (Å²) in [4.78, 5) is 22.8. The minimum absolute atomic E-state index is 0.0217. The van der Waals surface area contributed by atoms with Gasteiger partial charge in [0.05, 0.1) is 46.9 Å². The summed E-state index contributed by atoms with van der Waals surface area (Å²) in [5, 5.41) is 0. The molecule has 0 amide bonds. The minimum Gasteiger partial charge on any atom is -0.492 e. The van der Waals surface area contributed by atoms with Crippen molar-refractivity contribution >= 4 is 27.8 Å². The molecule has 178 valence electrons. The number of nitrogen functional groups attached to an aromatic ring is 1. The Labute approximate surface area is 198 Å². The van der Waals surface area contributed by atoms with Crippen molar-refractivity contribution in [1.29, 1.82) is 0 Å². The first-order valence-electron chi connectivity index (χ1n) is 10.8. The van der Waals surface area contributed by atoms with Crippen LogP contribution in [0.1, 0.15) is 6.92 Å². The topological polar surface area (TPSA) is 97.2 Å². The van der Waals surface area contributed by atoms with Crippen LogP contribution in [0.15, 0.2) is 65.8 Å². The van der Waals surface area contributed by atoms with Crippen molar-refractivity contribution in [2.24, 2.45) is 7.05 Å². The maximum atomic E-state index is 13.9. The van der Waals surface area contributed by atoms with E-state index in [0.717, 1.165) is 11.0 Å². The Kier molecular flexibility index (Phi) is 5.56. The predicted molar refractivity (Wildman–Crippen MR) is 129 cm³/mol. The molecule has 0 aliphatic carbocycles. The number of anilines is 1. The molecule has 5 aromatic rings. The molecule has 2 N–H and O–H groups in total. The number of nitrogens with zero attached hydrogens (tertiary/aromatic N) is 4. The summed E-state index contributed by atoms with van der Waals surface area (Å²) in [5.41, 5.74) is 10.1. The van der Waals surface area contributed by atoms with Gasteiger partial charge in [0.1, 0.15) is 17.0 Å². The van der Waals surface area contributed by atoms with Crippen LogP contribution in [-0.2, 0) is 7.05 Å². The van der Waals surface area contributed by atoms with Gasteiger partial charge in [0.2, 0.25) is 0 Å². The molecule has 0 aliphatic heterocycles. The van der Waals surface area contributed by atoms with Crippen molar-refractivity contribution in [3.05, 3.63) is 71.4 Å². The number of alkyl halides is 2. The van der Waals surface area contributed by atoms with Crippen molar-refractivity contribution < 1.29 is 18.3 Å².